The van der Waals surface area contributed by atoms with Crippen LogP contribution >= 0.6 is 0 Å². The Balaban J connectivity index is 1.69. The van der Waals surface area contributed by atoms with Crippen molar-refractivity contribution in [1.29, 1.82) is 0 Å². The number of carbonyl (C=O) groups is 1. The number of Topliss-reactive ketones (excluding diaryl/α,β-unsaturated/α-hetero) is 1. The minimum atomic E-state index is -1.20. The highest BCUT2D eigenvalue weighted by atomic mass is 16.3. The van der Waals surface area contributed by atoms with Gasteiger partial charge in [-0.25, -0.2) is 0 Å². The second-order valence-electron chi connectivity index (χ2n) is 15.2. The lowest BCUT2D eigenvalue weighted by atomic mass is 9.65. The summed E-state index contributed by atoms with van der Waals surface area (Å²) in [5.41, 5.74) is 3.17. The normalized spacial score (nSPS) is 16.7. The summed E-state index contributed by atoms with van der Waals surface area (Å²) in [7, 11) is 0. The number of hydrogen-bond acceptors (Lipinski definition) is 10. The molecule has 56 heavy (non-hydrogen) atoms. The summed E-state index contributed by atoms with van der Waals surface area (Å²) < 4.78 is 6.60. The molecule has 0 bridgehead atoms. The number of carbonyl (C=O) groups excluding carboxylic acids is 1. The van der Waals surface area contributed by atoms with E-state index in [1.807, 2.05) is 40.7 Å². The third kappa shape index (κ3) is 7.34. The average Bonchev–Trinajstić information content (AvgIpc) is 3.10. The first-order chi connectivity index (χ1) is 26.5. The van der Waals surface area contributed by atoms with Crippen molar-refractivity contribution in [3.8, 4) is 51.6 Å². The summed E-state index contributed by atoms with van der Waals surface area (Å²) in [5, 5.41) is 77.7. The molecule has 3 atom stereocenters. The van der Waals surface area contributed by atoms with E-state index in [0.29, 0.717) is 5.56 Å². The molecule has 3 unspecified atom stereocenters. The molecule has 1 aromatic heterocycles. The SMILES string of the molecule is CC(C)=CCc1c(O)ccc(C(=O)C2C(c3c(O)cc(O)c4c(=O)c(CC=C(C)C)c(-c5ccc(C)cc5O)oc34)C=C(C)CC2c2ccc(O)cc2O)c1O. The van der Waals surface area contributed by atoms with E-state index >= 15 is 4.79 Å². The number of ketones is 1. The summed E-state index contributed by atoms with van der Waals surface area (Å²) in [6.45, 7) is 11.1. The Morgan fingerprint density at radius 3 is 2.07 bits per heavy atom. The number of benzene rings is 4. The number of phenolic OH excluding ortho intramolecular Hbond substituents is 7. The summed E-state index contributed by atoms with van der Waals surface area (Å²) in [5.74, 6) is -6.04. The molecule has 0 amide bonds. The van der Waals surface area contributed by atoms with Gasteiger partial charge in [-0.15, -0.1) is 0 Å². The van der Waals surface area contributed by atoms with E-state index in [-0.39, 0.29) is 86.8 Å². The van der Waals surface area contributed by atoms with Gasteiger partial charge in [-0.2, -0.15) is 0 Å². The number of fused-ring (bicyclic) bond motifs is 1. The predicted molar refractivity (Wildman–Crippen MR) is 215 cm³/mol. The fourth-order valence-electron chi connectivity index (χ4n) is 7.73. The van der Waals surface area contributed by atoms with Gasteiger partial charge >= 0.3 is 0 Å². The number of aryl methyl sites for hydroxylation is 1. The predicted octanol–water partition coefficient (Wildman–Crippen LogP) is 9.44. The molecule has 7 N–H and O–H groups in total. The number of allylic oxidation sites excluding steroid dienone is 6. The van der Waals surface area contributed by atoms with Gasteiger partial charge in [0.15, 0.2) is 5.78 Å². The van der Waals surface area contributed by atoms with Crippen molar-refractivity contribution in [2.24, 2.45) is 5.92 Å². The zero-order valence-corrected chi connectivity index (χ0v) is 32.1. The maximum absolute atomic E-state index is 15.1. The van der Waals surface area contributed by atoms with Crippen molar-refractivity contribution in [2.75, 3.05) is 0 Å². The topological polar surface area (TPSA) is 189 Å². The molecule has 0 aliphatic heterocycles. The van der Waals surface area contributed by atoms with E-state index in [0.717, 1.165) is 34.4 Å². The number of phenols is 7. The Labute approximate surface area is 324 Å². The minimum absolute atomic E-state index is 0.0101. The monoisotopic (exact) mass is 758 g/mol. The average molecular weight is 759 g/mol. The van der Waals surface area contributed by atoms with Crippen LogP contribution in [0, 0.1) is 12.8 Å². The smallest absolute Gasteiger partial charge is 0.200 e. The highest BCUT2D eigenvalue weighted by molar-refractivity contribution is 6.03. The van der Waals surface area contributed by atoms with Gasteiger partial charge in [0, 0.05) is 46.6 Å². The van der Waals surface area contributed by atoms with Gasteiger partial charge in [-0.05, 0) is 102 Å². The maximum atomic E-state index is 15.1. The molecule has 1 aliphatic rings. The van der Waals surface area contributed by atoms with Crippen LogP contribution in [0.4, 0.5) is 0 Å². The van der Waals surface area contributed by atoms with Crippen LogP contribution in [0.5, 0.6) is 40.2 Å². The molecule has 0 saturated heterocycles. The summed E-state index contributed by atoms with van der Waals surface area (Å²) in [4.78, 5) is 29.7. The highest BCUT2D eigenvalue weighted by Gasteiger charge is 2.44. The lowest BCUT2D eigenvalue weighted by Crippen LogP contribution is -2.32. The van der Waals surface area contributed by atoms with Crippen molar-refractivity contribution >= 4 is 16.8 Å². The molecule has 0 spiro atoms. The zero-order valence-electron chi connectivity index (χ0n) is 32.1. The van der Waals surface area contributed by atoms with Crippen LogP contribution in [0.1, 0.15) is 91.1 Å². The van der Waals surface area contributed by atoms with Crippen LogP contribution in [0.15, 0.2) is 98.8 Å². The summed E-state index contributed by atoms with van der Waals surface area (Å²) in [6, 6.07) is 12.6. The van der Waals surface area contributed by atoms with Gasteiger partial charge < -0.3 is 40.2 Å². The molecule has 6 rings (SSSR count). The molecular weight excluding hydrogens is 712 g/mol. The fourth-order valence-corrected chi connectivity index (χ4v) is 7.73. The van der Waals surface area contributed by atoms with E-state index < -0.39 is 46.2 Å². The molecule has 0 fully saturated rings. The molecule has 5 aromatic rings. The van der Waals surface area contributed by atoms with E-state index in [4.69, 9.17) is 4.42 Å². The van der Waals surface area contributed by atoms with Gasteiger partial charge in [-0.3, -0.25) is 9.59 Å². The minimum Gasteiger partial charge on any atom is -0.508 e. The Bertz CT molecular complexity index is 2540. The van der Waals surface area contributed by atoms with Crippen molar-refractivity contribution in [1.82, 2.24) is 0 Å². The van der Waals surface area contributed by atoms with Crippen LogP contribution < -0.4 is 5.43 Å². The number of aromatic hydroxyl groups is 7. The Morgan fingerprint density at radius 2 is 1.43 bits per heavy atom. The molecule has 0 radical (unpaired) electrons. The number of rotatable bonds is 9. The standard InChI is InChI=1S/C46H46O10/c1-22(2)7-11-28-34(48)16-15-30(42(28)53)43(54)39-32(27-14-10-26(47)20-36(27)50)17-25(6)18-33(39)40-37(51)21-38(52)41-44(55)31(12-8-23(3)4)45(56-46(40)41)29-13-9-24(5)19-35(29)49/h7-10,13-16,18-21,32-33,39,47-53H,11-12,17H2,1-6H3. The number of hydrogen-bond donors (Lipinski definition) is 7. The highest BCUT2D eigenvalue weighted by Crippen LogP contribution is 2.53. The Morgan fingerprint density at radius 1 is 0.750 bits per heavy atom. The van der Waals surface area contributed by atoms with E-state index in [1.54, 1.807) is 31.2 Å². The Kier molecular flexibility index (Phi) is 10.8. The lowest BCUT2D eigenvalue weighted by molar-refractivity contribution is 0.0877. The van der Waals surface area contributed by atoms with Crippen LogP contribution in [0.2, 0.25) is 0 Å². The van der Waals surface area contributed by atoms with Gasteiger partial charge in [0.25, 0.3) is 0 Å². The molecule has 10 heteroatoms. The quantitative estimate of drug-likeness (QED) is 0.0563. The van der Waals surface area contributed by atoms with Crippen LogP contribution in [0.25, 0.3) is 22.3 Å². The van der Waals surface area contributed by atoms with E-state index in [9.17, 15) is 40.5 Å². The molecule has 290 valence electrons. The molecular formula is C46H46O10. The van der Waals surface area contributed by atoms with Gasteiger partial charge in [-0.1, -0.05) is 47.1 Å². The van der Waals surface area contributed by atoms with E-state index in [2.05, 4.69) is 0 Å². The maximum Gasteiger partial charge on any atom is 0.200 e. The van der Waals surface area contributed by atoms with Crippen molar-refractivity contribution in [3.63, 3.8) is 0 Å². The van der Waals surface area contributed by atoms with Crippen LogP contribution in [-0.2, 0) is 12.8 Å². The van der Waals surface area contributed by atoms with Crippen molar-refractivity contribution in [3.05, 3.63) is 133 Å². The zero-order chi connectivity index (χ0) is 40.7. The molecule has 1 heterocycles. The Hall–Kier alpha value is -6.42. The molecule has 4 aromatic carbocycles. The third-order valence-electron chi connectivity index (χ3n) is 10.5. The van der Waals surface area contributed by atoms with Gasteiger partial charge in [0.1, 0.15) is 57.0 Å². The van der Waals surface area contributed by atoms with Gasteiger partial charge in [0.05, 0.1) is 11.1 Å². The van der Waals surface area contributed by atoms with E-state index in [1.165, 1.54) is 30.3 Å². The largest absolute Gasteiger partial charge is 0.508 e. The van der Waals surface area contributed by atoms with Gasteiger partial charge in [0.2, 0.25) is 5.43 Å². The summed E-state index contributed by atoms with van der Waals surface area (Å²) >= 11 is 0. The summed E-state index contributed by atoms with van der Waals surface area (Å²) in [6.07, 6.45) is 5.84. The third-order valence-corrected chi connectivity index (χ3v) is 10.5. The second kappa shape index (κ2) is 15.4. The fraction of sp³-hybridized carbons (Fsp3) is 0.261. The molecule has 0 saturated carbocycles. The molecule has 1 aliphatic carbocycles. The second-order valence-corrected chi connectivity index (χ2v) is 15.2. The first-order valence-corrected chi connectivity index (χ1v) is 18.4. The van der Waals surface area contributed by atoms with Crippen molar-refractivity contribution < 1.29 is 45.0 Å². The van der Waals surface area contributed by atoms with Crippen molar-refractivity contribution in [2.45, 2.75) is 72.6 Å². The first kappa shape index (κ1) is 39.3. The lowest BCUT2D eigenvalue weighted by Gasteiger charge is -2.37. The first-order valence-electron chi connectivity index (χ1n) is 18.4. The van der Waals surface area contributed by atoms with Crippen LogP contribution in [0.3, 0.4) is 0 Å². The van der Waals surface area contributed by atoms with Crippen LogP contribution in [-0.4, -0.2) is 41.5 Å². The molecule has 10 nitrogen and oxygen atoms in total.